The number of thioether (sulfide) groups is 1. The molecule has 0 saturated heterocycles. The molecule has 0 aromatic heterocycles. The molecule has 1 spiro atoms. The fraction of sp³-hybridized carbons (Fsp3) is 0.533. The van der Waals surface area contributed by atoms with E-state index in [1.165, 1.54) is 25.7 Å². The molecule has 0 bridgehead atoms. The summed E-state index contributed by atoms with van der Waals surface area (Å²) in [6.45, 7) is 2.35. The molecule has 108 valence electrons. The first kappa shape index (κ1) is 15.0. The van der Waals surface area contributed by atoms with Crippen molar-refractivity contribution in [3.05, 3.63) is 26.8 Å². The summed E-state index contributed by atoms with van der Waals surface area (Å²) >= 11 is 10.4. The van der Waals surface area contributed by atoms with E-state index in [4.69, 9.17) is 16.6 Å². The fourth-order valence-electron chi connectivity index (χ4n) is 3.12. The molecule has 2 unspecified atom stereocenters. The van der Waals surface area contributed by atoms with E-state index in [-0.39, 0.29) is 5.54 Å². The zero-order chi connectivity index (χ0) is 14.2. The van der Waals surface area contributed by atoms with Gasteiger partial charge in [-0.2, -0.15) is 0 Å². The van der Waals surface area contributed by atoms with Gasteiger partial charge in [0.25, 0.3) is 0 Å². The Bertz CT molecular complexity index is 549. The van der Waals surface area contributed by atoms with Crippen molar-refractivity contribution in [3.8, 4) is 0 Å². The number of halogens is 2. The van der Waals surface area contributed by atoms with E-state index in [1.54, 1.807) is 0 Å². The molecule has 1 fully saturated rings. The molecule has 1 N–H and O–H groups in total. The number of anilines is 1. The highest BCUT2D eigenvalue weighted by Crippen LogP contribution is 2.42. The number of hydrogen-bond donors (Lipinski definition) is 1. The van der Waals surface area contributed by atoms with Crippen LogP contribution in [0.25, 0.3) is 0 Å². The lowest BCUT2D eigenvalue weighted by atomic mass is 9.78. The zero-order valence-corrected chi connectivity index (χ0v) is 15.2. The number of rotatable bonds is 1. The number of benzene rings is 1. The maximum atomic E-state index is 6.28. The van der Waals surface area contributed by atoms with Gasteiger partial charge in [0.15, 0.2) is 5.17 Å². The summed E-state index contributed by atoms with van der Waals surface area (Å²) in [7, 11) is 0. The molecular weight excluding hydrogens is 403 g/mol. The SMILES string of the molecule is CC1CCCC2(CSC(Nc3ccc(I)cc3Cl)=N2)C1. The second-order valence-electron chi connectivity index (χ2n) is 5.88. The van der Waals surface area contributed by atoms with Crippen LogP contribution in [0.4, 0.5) is 5.69 Å². The molecule has 1 aromatic carbocycles. The number of nitrogens with one attached hydrogen (secondary N) is 1. The summed E-state index contributed by atoms with van der Waals surface area (Å²) in [5, 5.41) is 5.19. The van der Waals surface area contributed by atoms with Crippen molar-refractivity contribution in [1.82, 2.24) is 0 Å². The van der Waals surface area contributed by atoms with Crippen molar-refractivity contribution in [3.63, 3.8) is 0 Å². The van der Waals surface area contributed by atoms with Crippen LogP contribution in [0.3, 0.4) is 0 Å². The molecule has 1 aromatic rings. The van der Waals surface area contributed by atoms with Crippen LogP contribution < -0.4 is 5.32 Å². The Labute approximate surface area is 143 Å². The Morgan fingerprint density at radius 2 is 2.35 bits per heavy atom. The molecule has 1 saturated carbocycles. The van der Waals surface area contributed by atoms with Crippen LogP contribution in [0.1, 0.15) is 32.6 Å². The average molecular weight is 421 g/mol. The third-order valence-electron chi connectivity index (χ3n) is 4.06. The van der Waals surface area contributed by atoms with E-state index in [0.717, 1.165) is 31.1 Å². The van der Waals surface area contributed by atoms with Crippen molar-refractivity contribution < 1.29 is 0 Å². The normalized spacial score (nSPS) is 29.6. The number of hydrogen-bond acceptors (Lipinski definition) is 3. The van der Waals surface area contributed by atoms with Crippen LogP contribution in [0, 0.1) is 9.49 Å². The highest BCUT2D eigenvalue weighted by atomic mass is 127. The molecule has 1 heterocycles. The Kier molecular flexibility index (Phi) is 4.53. The van der Waals surface area contributed by atoms with Crippen molar-refractivity contribution in [2.45, 2.75) is 38.1 Å². The molecule has 3 rings (SSSR count). The van der Waals surface area contributed by atoms with Gasteiger partial charge in [0.2, 0.25) is 0 Å². The third kappa shape index (κ3) is 3.28. The van der Waals surface area contributed by atoms with Crippen molar-refractivity contribution in [2.24, 2.45) is 10.9 Å². The van der Waals surface area contributed by atoms with Gasteiger partial charge >= 0.3 is 0 Å². The predicted molar refractivity (Wildman–Crippen MR) is 98.0 cm³/mol. The molecular formula is C15H18ClIN2S. The van der Waals surface area contributed by atoms with E-state index in [9.17, 15) is 0 Å². The molecule has 1 aliphatic heterocycles. The fourth-order valence-corrected chi connectivity index (χ4v) is 5.19. The quantitative estimate of drug-likeness (QED) is 0.614. The lowest BCUT2D eigenvalue weighted by molar-refractivity contribution is 0.266. The predicted octanol–water partition coefficient (Wildman–Crippen LogP) is 5.41. The van der Waals surface area contributed by atoms with E-state index in [0.29, 0.717) is 0 Å². The standard InChI is InChI=1S/C15H18ClIN2S/c1-10-3-2-6-15(8-10)9-20-14(19-15)18-13-5-4-11(17)7-12(13)16/h4-5,7,10H,2-3,6,8-9H2,1H3,(H,18,19). The van der Waals surface area contributed by atoms with Crippen LogP contribution in [0.15, 0.2) is 23.2 Å². The summed E-state index contributed by atoms with van der Waals surface area (Å²) < 4.78 is 1.15. The van der Waals surface area contributed by atoms with Crippen LogP contribution in [-0.4, -0.2) is 16.5 Å². The third-order valence-corrected chi connectivity index (χ3v) is 6.19. The Hall–Kier alpha value is 0.0600. The van der Waals surface area contributed by atoms with Gasteiger partial charge in [-0.1, -0.05) is 43.1 Å². The van der Waals surface area contributed by atoms with Gasteiger partial charge in [0.05, 0.1) is 16.2 Å². The molecule has 5 heteroatoms. The molecule has 0 amide bonds. The molecule has 2 nitrogen and oxygen atoms in total. The summed E-state index contributed by atoms with van der Waals surface area (Å²) in [5.74, 6) is 1.91. The smallest absolute Gasteiger partial charge is 0.161 e. The van der Waals surface area contributed by atoms with Gasteiger partial charge in [-0.3, -0.25) is 4.99 Å². The van der Waals surface area contributed by atoms with Crippen LogP contribution in [0.2, 0.25) is 5.02 Å². The summed E-state index contributed by atoms with van der Waals surface area (Å²) in [6, 6.07) is 6.07. The minimum Gasteiger partial charge on any atom is -0.334 e. The van der Waals surface area contributed by atoms with Crippen molar-refractivity contribution >= 4 is 56.8 Å². The van der Waals surface area contributed by atoms with Crippen LogP contribution in [0.5, 0.6) is 0 Å². The zero-order valence-electron chi connectivity index (χ0n) is 11.5. The summed E-state index contributed by atoms with van der Waals surface area (Å²) in [5.41, 5.74) is 1.14. The van der Waals surface area contributed by atoms with E-state index >= 15 is 0 Å². The number of aliphatic imine (C=N–C) groups is 1. The molecule has 2 atom stereocenters. The molecule has 1 aliphatic carbocycles. The Morgan fingerprint density at radius 3 is 3.10 bits per heavy atom. The first-order valence-electron chi connectivity index (χ1n) is 7.01. The number of nitrogens with zero attached hydrogens (tertiary/aromatic N) is 1. The molecule has 0 radical (unpaired) electrons. The minimum absolute atomic E-state index is 0.181. The van der Waals surface area contributed by atoms with E-state index in [1.807, 2.05) is 23.9 Å². The van der Waals surface area contributed by atoms with Crippen molar-refractivity contribution in [1.29, 1.82) is 0 Å². The highest BCUT2D eigenvalue weighted by Gasteiger charge is 2.39. The minimum atomic E-state index is 0.181. The van der Waals surface area contributed by atoms with Gasteiger partial charge in [-0.15, -0.1) is 0 Å². The topological polar surface area (TPSA) is 24.4 Å². The Morgan fingerprint density at radius 1 is 1.50 bits per heavy atom. The summed E-state index contributed by atoms with van der Waals surface area (Å²) in [6.07, 6.45) is 5.12. The van der Waals surface area contributed by atoms with Gasteiger partial charge in [0.1, 0.15) is 0 Å². The molecule has 20 heavy (non-hydrogen) atoms. The van der Waals surface area contributed by atoms with E-state index in [2.05, 4.69) is 40.9 Å². The van der Waals surface area contributed by atoms with Crippen LogP contribution in [-0.2, 0) is 0 Å². The van der Waals surface area contributed by atoms with Gasteiger partial charge in [-0.25, -0.2) is 0 Å². The highest BCUT2D eigenvalue weighted by molar-refractivity contribution is 14.1. The largest absolute Gasteiger partial charge is 0.334 e. The second-order valence-corrected chi connectivity index (χ2v) is 8.50. The lowest BCUT2D eigenvalue weighted by Gasteiger charge is -2.33. The first-order chi connectivity index (χ1) is 9.56. The average Bonchev–Trinajstić information content (AvgIpc) is 2.75. The summed E-state index contributed by atoms with van der Waals surface area (Å²) in [4.78, 5) is 5.00. The van der Waals surface area contributed by atoms with Crippen molar-refractivity contribution in [2.75, 3.05) is 11.1 Å². The van der Waals surface area contributed by atoms with Crippen LogP contribution >= 0.6 is 46.0 Å². The van der Waals surface area contributed by atoms with E-state index < -0.39 is 0 Å². The maximum absolute atomic E-state index is 6.28. The monoisotopic (exact) mass is 420 g/mol. The Balaban J connectivity index is 1.75. The second kappa shape index (κ2) is 6.05. The van der Waals surface area contributed by atoms with Gasteiger partial charge in [0, 0.05) is 9.32 Å². The first-order valence-corrected chi connectivity index (χ1v) is 9.45. The lowest BCUT2D eigenvalue weighted by Crippen LogP contribution is -2.33. The maximum Gasteiger partial charge on any atom is 0.161 e. The van der Waals surface area contributed by atoms with Gasteiger partial charge in [-0.05, 0) is 59.5 Å². The van der Waals surface area contributed by atoms with Gasteiger partial charge < -0.3 is 5.32 Å². The molecule has 2 aliphatic rings. The number of amidine groups is 1.